The van der Waals surface area contributed by atoms with Crippen molar-refractivity contribution in [2.75, 3.05) is 26.7 Å². The summed E-state index contributed by atoms with van der Waals surface area (Å²) >= 11 is 0. The van der Waals surface area contributed by atoms with Crippen LogP contribution in [0.1, 0.15) is 33.3 Å². The minimum absolute atomic E-state index is 0.00329. The van der Waals surface area contributed by atoms with Crippen molar-refractivity contribution in [1.29, 1.82) is 0 Å². The molecule has 2 unspecified atom stereocenters. The largest absolute Gasteiger partial charge is 0.467 e. The summed E-state index contributed by atoms with van der Waals surface area (Å²) in [6.07, 6.45) is 3.39. The van der Waals surface area contributed by atoms with Crippen LogP contribution in [0.25, 0.3) is 0 Å². The lowest BCUT2D eigenvalue weighted by molar-refractivity contribution is -0.145. The zero-order valence-corrected chi connectivity index (χ0v) is 19.8. The van der Waals surface area contributed by atoms with Crippen molar-refractivity contribution in [2.45, 2.75) is 58.3 Å². The van der Waals surface area contributed by atoms with E-state index in [1.807, 2.05) is 27.7 Å². The van der Waals surface area contributed by atoms with Crippen molar-refractivity contribution in [3.63, 3.8) is 0 Å². The number of nitrogens with zero attached hydrogens (tertiary/aromatic N) is 3. The van der Waals surface area contributed by atoms with Crippen LogP contribution in [0.2, 0.25) is 0 Å². The van der Waals surface area contributed by atoms with Crippen LogP contribution in [0.5, 0.6) is 0 Å². The Balaban J connectivity index is 2.22. The minimum atomic E-state index is -0.975. The molecule has 11 nitrogen and oxygen atoms in total. The van der Waals surface area contributed by atoms with Crippen LogP contribution in [0, 0.1) is 0 Å². The third kappa shape index (κ3) is 7.62. The molecule has 11 heteroatoms. The van der Waals surface area contributed by atoms with E-state index in [1.54, 1.807) is 24.5 Å². The summed E-state index contributed by atoms with van der Waals surface area (Å²) in [6, 6.07) is 0.652. The van der Waals surface area contributed by atoms with Crippen molar-refractivity contribution in [1.82, 2.24) is 30.7 Å². The van der Waals surface area contributed by atoms with Gasteiger partial charge >= 0.3 is 18.0 Å². The van der Waals surface area contributed by atoms with Crippen LogP contribution in [0.3, 0.4) is 0 Å². The summed E-state index contributed by atoms with van der Waals surface area (Å²) in [7, 11) is 1.24. The molecule has 0 aliphatic carbocycles. The van der Waals surface area contributed by atoms with Gasteiger partial charge in [-0.2, -0.15) is 0 Å². The highest BCUT2D eigenvalue weighted by Crippen LogP contribution is 2.13. The monoisotopic (exact) mass is 462 g/mol. The smallest absolute Gasteiger partial charge is 0.328 e. The average molecular weight is 463 g/mol. The Kier molecular flexibility index (Phi) is 9.43. The fourth-order valence-electron chi connectivity index (χ4n) is 3.46. The molecule has 1 aliphatic rings. The number of carbonyl (C=O) groups is 4. The molecule has 182 valence electrons. The molecule has 0 radical (unpaired) electrons. The molecular weight excluding hydrogens is 428 g/mol. The van der Waals surface area contributed by atoms with Gasteiger partial charge in [-0.15, -0.1) is 0 Å². The number of ether oxygens (including phenoxy) is 1. The molecule has 1 saturated heterocycles. The third-order valence-corrected chi connectivity index (χ3v) is 5.02. The van der Waals surface area contributed by atoms with E-state index in [1.165, 1.54) is 16.9 Å². The Morgan fingerprint density at radius 3 is 2.30 bits per heavy atom. The molecule has 2 heterocycles. The Morgan fingerprint density at radius 2 is 1.73 bits per heavy atom. The number of aromatic nitrogens is 1. The number of rotatable bonds is 7. The van der Waals surface area contributed by atoms with E-state index in [4.69, 9.17) is 4.74 Å². The maximum absolute atomic E-state index is 13.3. The van der Waals surface area contributed by atoms with Crippen molar-refractivity contribution in [3.8, 4) is 0 Å². The lowest BCUT2D eigenvalue weighted by Gasteiger charge is -2.41. The molecule has 1 fully saturated rings. The topological polar surface area (TPSA) is 133 Å². The number of hydrogen-bond acceptors (Lipinski definition) is 6. The minimum Gasteiger partial charge on any atom is -0.467 e. The number of carbonyl (C=O) groups excluding carboxylic acids is 4. The quantitative estimate of drug-likeness (QED) is 0.506. The molecule has 2 atom stereocenters. The molecule has 1 aromatic rings. The molecule has 3 N–H and O–H groups in total. The molecule has 1 aliphatic heterocycles. The fraction of sp³-hybridized carbons (Fsp3) is 0.591. The first-order valence-corrected chi connectivity index (χ1v) is 11.0. The number of piperazine rings is 1. The van der Waals surface area contributed by atoms with Crippen LogP contribution < -0.4 is 16.0 Å². The fourth-order valence-corrected chi connectivity index (χ4v) is 3.46. The second kappa shape index (κ2) is 12.0. The van der Waals surface area contributed by atoms with Gasteiger partial charge in [-0.25, -0.2) is 14.4 Å². The van der Waals surface area contributed by atoms with Crippen LogP contribution in [-0.4, -0.2) is 89.6 Å². The third-order valence-electron chi connectivity index (χ3n) is 5.02. The zero-order chi connectivity index (χ0) is 24.5. The SMILES string of the molecule is COC(=O)C(Cc1cccnc1)NC(=O)C1CN(C(=O)NC(C)C)CCN1C(=O)NC(C)C. The Labute approximate surface area is 194 Å². The molecule has 0 saturated carbocycles. The Bertz CT molecular complexity index is 832. The Morgan fingerprint density at radius 1 is 1.06 bits per heavy atom. The van der Waals surface area contributed by atoms with E-state index in [0.717, 1.165) is 5.56 Å². The normalized spacial score (nSPS) is 16.9. The second-order valence-corrected chi connectivity index (χ2v) is 8.51. The number of hydrogen-bond donors (Lipinski definition) is 3. The number of pyridine rings is 1. The number of nitrogens with one attached hydrogen (secondary N) is 3. The maximum atomic E-state index is 13.3. The van der Waals surface area contributed by atoms with Crippen molar-refractivity contribution in [2.24, 2.45) is 0 Å². The van der Waals surface area contributed by atoms with Gasteiger partial charge in [0.1, 0.15) is 12.1 Å². The first kappa shape index (κ1) is 25.9. The van der Waals surface area contributed by atoms with Gasteiger partial charge in [-0.3, -0.25) is 9.78 Å². The van der Waals surface area contributed by atoms with Crippen LogP contribution in [-0.2, 0) is 20.7 Å². The van der Waals surface area contributed by atoms with Crippen molar-refractivity contribution in [3.05, 3.63) is 30.1 Å². The van der Waals surface area contributed by atoms with Gasteiger partial charge in [0.05, 0.1) is 13.7 Å². The molecule has 0 spiro atoms. The standard InChI is InChI=1S/C22H34N6O5/c1-14(2)24-21(31)27-9-10-28(22(32)25-15(3)4)18(13-27)19(29)26-17(20(30)33-5)11-16-7-6-8-23-12-16/h6-8,12,14-15,17-18H,9-11,13H2,1-5H3,(H,24,31)(H,25,32)(H,26,29). The molecule has 0 bridgehead atoms. The molecule has 33 heavy (non-hydrogen) atoms. The number of esters is 1. The van der Waals surface area contributed by atoms with E-state index >= 15 is 0 Å². The van der Waals surface area contributed by atoms with Crippen molar-refractivity contribution < 1.29 is 23.9 Å². The molecule has 0 aromatic carbocycles. The lowest BCUT2D eigenvalue weighted by Crippen LogP contribution is -2.65. The highest BCUT2D eigenvalue weighted by molar-refractivity contribution is 5.91. The molecule has 2 rings (SSSR count). The average Bonchev–Trinajstić information content (AvgIpc) is 2.77. The summed E-state index contributed by atoms with van der Waals surface area (Å²) in [4.78, 5) is 57.9. The summed E-state index contributed by atoms with van der Waals surface area (Å²) in [5.41, 5.74) is 0.740. The maximum Gasteiger partial charge on any atom is 0.328 e. The van der Waals surface area contributed by atoms with Crippen LogP contribution in [0.4, 0.5) is 9.59 Å². The van der Waals surface area contributed by atoms with E-state index < -0.39 is 30.0 Å². The van der Waals surface area contributed by atoms with Gasteiger partial charge < -0.3 is 30.5 Å². The highest BCUT2D eigenvalue weighted by atomic mass is 16.5. The lowest BCUT2D eigenvalue weighted by atomic mass is 10.1. The van der Waals surface area contributed by atoms with Crippen molar-refractivity contribution >= 4 is 23.9 Å². The van der Waals surface area contributed by atoms with E-state index in [-0.39, 0.29) is 44.2 Å². The predicted octanol–water partition coefficient (Wildman–Crippen LogP) is 0.504. The van der Waals surface area contributed by atoms with Crippen LogP contribution >= 0.6 is 0 Å². The summed E-state index contributed by atoms with van der Waals surface area (Å²) in [5, 5.41) is 8.30. The van der Waals surface area contributed by atoms with Gasteiger partial charge in [-0.1, -0.05) is 6.07 Å². The van der Waals surface area contributed by atoms with Crippen LogP contribution in [0.15, 0.2) is 24.5 Å². The van der Waals surface area contributed by atoms with Gasteiger partial charge in [0.15, 0.2) is 0 Å². The molecule has 1 aromatic heterocycles. The summed E-state index contributed by atoms with van der Waals surface area (Å²) in [6.45, 7) is 7.77. The molecule has 5 amide bonds. The van der Waals surface area contributed by atoms with E-state index in [2.05, 4.69) is 20.9 Å². The molecular formula is C22H34N6O5. The van der Waals surface area contributed by atoms with Gasteiger partial charge in [0, 0.05) is 44.0 Å². The van der Waals surface area contributed by atoms with E-state index in [0.29, 0.717) is 0 Å². The van der Waals surface area contributed by atoms with Gasteiger partial charge in [0.25, 0.3) is 0 Å². The first-order chi connectivity index (χ1) is 15.6. The number of urea groups is 2. The second-order valence-electron chi connectivity index (χ2n) is 8.51. The number of methoxy groups -OCH3 is 1. The van der Waals surface area contributed by atoms with Gasteiger partial charge in [0.2, 0.25) is 5.91 Å². The first-order valence-electron chi connectivity index (χ1n) is 11.0. The zero-order valence-electron chi connectivity index (χ0n) is 19.8. The van der Waals surface area contributed by atoms with E-state index in [9.17, 15) is 19.2 Å². The number of amides is 5. The summed E-state index contributed by atoms with van der Waals surface area (Å²) in [5.74, 6) is -1.16. The summed E-state index contributed by atoms with van der Waals surface area (Å²) < 4.78 is 4.86. The predicted molar refractivity (Wildman–Crippen MR) is 121 cm³/mol. The highest BCUT2D eigenvalue weighted by Gasteiger charge is 2.38. The Hall–Kier alpha value is -3.37. The van der Waals surface area contributed by atoms with Gasteiger partial charge in [-0.05, 0) is 39.3 Å².